The lowest BCUT2D eigenvalue weighted by Crippen LogP contribution is -2.11. The first kappa shape index (κ1) is 14.5. The largest absolute Gasteiger partial charge is 0.461 e. The van der Waals surface area contributed by atoms with Gasteiger partial charge < -0.3 is 10.3 Å². The number of fused-ring (bicyclic) bond motifs is 1. The van der Waals surface area contributed by atoms with E-state index in [1.807, 2.05) is 6.26 Å². The van der Waals surface area contributed by atoms with Gasteiger partial charge in [0.15, 0.2) is 15.7 Å². The van der Waals surface area contributed by atoms with Crippen molar-refractivity contribution in [1.29, 1.82) is 0 Å². The van der Waals surface area contributed by atoms with Crippen LogP contribution < -0.4 is 5.84 Å². The minimum absolute atomic E-state index is 0.455. The highest BCUT2D eigenvalue weighted by Crippen LogP contribution is 2.36. The van der Waals surface area contributed by atoms with Crippen LogP contribution in [0.2, 0.25) is 0 Å². The van der Waals surface area contributed by atoms with Crippen molar-refractivity contribution in [3.63, 3.8) is 0 Å². The summed E-state index contributed by atoms with van der Waals surface area (Å²) < 4.78 is 8.53. The van der Waals surface area contributed by atoms with E-state index < -0.39 is 0 Å². The minimum Gasteiger partial charge on any atom is -0.461 e. The zero-order valence-corrected chi connectivity index (χ0v) is 14.2. The summed E-state index contributed by atoms with van der Waals surface area (Å²) in [6.45, 7) is 0. The van der Waals surface area contributed by atoms with Crippen LogP contribution in [-0.2, 0) is 0 Å². The third kappa shape index (κ3) is 2.56. The van der Waals surface area contributed by atoms with E-state index in [-0.39, 0.29) is 0 Å². The molecule has 0 aliphatic carbocycles. The molecule has 0 bridgehead atoms. The van der Waals surface area contributed by atoms with Gasteiger partial charge in [0.25, 0.3) is 0 Å². The van der Waals surface area contributed by atoms with Crippen LogP contribution in [0.4, 0.5) is 0 Å². The normalized spacial score (nSPS) is 11.3. The molecule has 0 fully saturated rings. The standard InChI is InChI=1S/C12H9N7OS3/c1-21-12-16-8-7(22-12)10(15-5-14-8)23-11-18-17-9(19(11)13)6-3-2-4-20-6/h2-5H,13H2,1H3. The quantitative estimate of drug-likeness (QED) is 0.332. The molecule has 2 N–H and O–H groups in total. The maximum absolute atomic E-state index is 6.07. The van der Waals surface area contributed by atoms with Crippen molar-refractivity contribution in [1.82, 2.24) is 29.8 Å². The Kier molecular flexibility index (Phi) is 3.67. The number of aromatic nitrogens is 6. The molecule has 4 aromatic heterocycles. The maximum Gasteiger partial charge on any atom is 0.218 e. The van der Waals surface area contributed by atoms with Crippen molar-refractivity contribution in [2.45, 2.75) is 14.5 Å². The Bertz CT molecular complexity index is 963. The lowest BCUT2D eigenvalue weighted by molar-refractivity contribution is 0.574. The molecule has 0 saturated carbocycles. The first-order chi connectivity index (χ1) is 11.3. The molecule has 0 radical (unpaired) electrons. The molecule has 116 valence electrons. The fraction of sp³-hybridized carbons (Fsp3) is 0.0833. The number of nitrogens with zero attached hydrogens (tertiary/aromatic N) is 6. The molecule has 0 unspecified atom stereocenters. The Morgan fingerprint density at radius 2 is 2.22 bits per heavy atom. The first-order valence-corrected chi connectivity index (χ1v) is 9.20. The van der Waals surface area contributed by atoms with E-state index in [4.69, 9.17) is 10.3 Å². The van der Waals surface area contributed by atoms with Gasteiger partial charge in [-0.1, -0.05) is 11.8 Å². The van der Waals surface area contributed by atoms with Gasteiger partial charge in [-0.3, -0.25) is 0 Å². The molecule has 0 aromatic carbocycles. The average molecular weight is 363 g/mol. The molecule has 0 amide bonds. The lowest BCUT2D eigenvalue weighted by atomic mass is 10.4. The predicted molar refractivity (Wildman–Crippen MR) is 89.0 cm³/mol. The average Bonchev–Trinajstić information content (AvgIpc) is 3.28. The Morgan fingerprint density at radius 3 is 3.00 bits per heavy atom. The number of thioether (sulfide) groups is 1. The van der Waals surface area contributed by atoms with E-state index >= 15 is 0 Å². The van der Waals surface area contributed by atoms with Gasteiger partial charge in [-0.05, 0) is 30.2 Å². The fourth-order valence-electron chi connectivity index (χ4n) is 1.88. The summed E-state index contributed by atoms with van der Waals surface area (Å²) in [6, 6.07) is 3.55. The monoisotopic (exact) mass is 363 g/mol. The van der Waals surface area contributed by atoms with Crippen molar-refractivity contribution in [3.05, 3.63) is 24.7 Å². The van der Waals surface area contributed by atoms with E-state index in [9.17, 15) is 0 Å². The van der Waals surface area contributed by atoms with E-state index in [0.29, 0.717) is 22.4 Å². The number of nitrogens with two attached hydrogens (primary N) is 1. The predicted octanol–water partition coefficient (Wildman–Crippen LogP) is 2.52. The number of thiazole rings is 1. The second-order valence-corrected chi connectivity index (χ2v) is 7.28. The van der Waals surface area contributed by atoms with E-state index in [1.165, 1.54) is 22.8 Å². The highest BCUT2D eigenvalue weighted by molar-refractivity contribution is 8.00. The van der Waals surface area contributed by atoms with Gasteiger partial charge in [-0.2, -0.15) is 0 Å². The molecule has 4 heterocycles. The zero-order valence-electron chi connectivity index (χ0n) is 11.7. The van der Waals surface area contributed by atoms with Crippen molar-refractivity contribution < 1.29 is 4.42 Å². The Hall–Kier alpha value is -2.11. The van der Waals surface area contributed by atoms with Crippen LogP contribution in [0.15, 0.2) is 43.7 Å². The summed E-state index contributed by atoms with van der Waals surface area (Å²) in [6.07, 6.45) is 5.02. The smallest absolute Gasteiger partial charge is 0.218 e. The summed E-state index contributed by atoms with van der Waals surface area (Å²) in [7, 11) is 0. The molecule has 0 aliphatic rings. The molecule has 23 heavy (non-hydrogen) atoms. The molecule has 0 spiro atoms. The van der Waals surface area contributed by atoms with E-state index in [2.05, 4.69) is 25.1 Å². The SMILES string of the molecule is CSc1nc2ncnc(Sc3nnc(-c4ccco4)n3N)c2s1. The van der Waals surface area contributed by atoms with E-state index in [1.54, 1.807) is 41.5 Å². The maximum atomic E-state index is 6.07. The number of furan rings is 1. The van der Waals surface area contributed by atoms with Gasteiger partial charge in [0.2, 0.25) is 11.0 Å². The molecule has 11 heteroatoms. The van der Waals surface area contributed by atoms with Crippen LogP contribution in [0, 0.1) is 0 Å². The Balaban J connectivity index is 1.73. The number of rotatable bonds is 4. The molecular weight excluding hydrogens is 354 g/mol. The summed E-state index contributed by atoms with van der Waals surface area (Å²) in [5.74, 6) is 7.08. The van der Waals surface area contributed by atoms with E-state index in [0.717, 1.165) is 14.1 Å². The summed E-state index contributed by atoms with van der Waals surface area (Å²) >= 11 is 4.44. The molecule has 4 rings (SSSR count). The highest BCUT2D eigenvalue weighted by Gasteiger charge is 2.18. The first-order valence-electron chi connectivity index (χ1n) is 6.34. The van der Waals surface area contributed by atoms with Crippen LogP contribution in [0.3, 0.4) is 0 Å². The lowest BCUT2D eigenvalue weighted by Gasteiger charge is -2.01. The Labute approximate surface area is 142 Å². The Morgan fingerprint density at radius 1 is 1.30 bits per heavy atom. The van der Waals surface area contributed by atoms with Crippen molar-refractivity contribution in [2.24, 2.45) is 0 Å². The van der Waals surface area contributed by atoms with Crippen molar-refractivity contribution in [2.75, 3.05) is 12.1 Å². The van der Waals surface area contributed by atoms with Gasteiger partial charge >= 0.3 is 0 Å². The third-order valence-electron chi connectivity index (χ3n) is 2.91. The van der Waals surface area contributed by atoms with Crippen molar-refractivity contribution >= 4 is 45.2 Å². The second-order valence-electron chi connectivity index (χ2n) is 4.27. The topological polar surface area (TPSA) is 109 Å². The van der Waals surface area contributed by atoms with Crippen LogP contribution in [0.5, 0.6) is 0 Å². The van der Waals surface area contributed by atoms with Gasteiger partial charge in [-0.25, -0.2) is 19.6 Å². The number of nitrogen functional groups attached to an aromatic ring is 1. The van der Waals surface area contributed by atoms with Crippen LogP contribution in [0.1, 0.15) is 0 Å². The second kappa shape index (κ2) is 5.83. The zero-order chi connectivity index (χ0) is 15.8. The molecule has 8 nitrogen and oxygen atoms in total. The van der Waals surface area contributed by atoms with Gasteiger partial charge in [0, 0.05) is 0 Å². The highest BCUT2D eigenvalue weighted by atomic mass is 32.2. The fourth-order valence-corrected chi connectivity index (χ4v) is 4.25. The van der Waals surface area contributed by atoms with Crippen LogP contribution in [-0.4, -0.2) is 36.1 Å². The van der Waals surface area contributed by atoms with Crippen LogP contribution in [0.25, 0.3) is 21.9 Å². The molecule has 0 atom stereocenters. The number of hydrogen-bond acceptors (Lipinski definition) is 10. The molecule has 4 aromatic rings. The summed E-state index contributed by atoms with van der Waals surface area (Å²) in [5, 5.41) is 9.44. The van der Waals surface area contributed by atoms with Gasteiger partial charge in [-0.15, -0.1) is 21.5 Å². The minimum atomic E-state index is 0.455. The summed E-state index contributed by atoms with van der Waals surface area (Å²) in [5.41, 5.74) is 0.672. The molecule has 0 aliphatic heterocycles. The third-order valence-corrected chi connectivity index (χ3v) is 6.04. The number of hydrogen-bond donors (Lipinski definition) is 1. The van der Waals surface area contributed by atoms with Crippen LogP contribution >= 0.6 is 34.9 Å². The molecule has 0 saturated heterocycles. The van der Waals surface area contributed by atoms with Crippen molar-refractivity contribution in [3.8, 4) is 11.6 Å². The summed E-state index contributed by atoms with van der Waals surface area (Å²) in [4.78, 5) is 12.9. The van der Waals surface area contributed by atoms with Gasteiger partial charge in [0.1, 0.15) is 16.1 Å². The molecular formula is C12H9N7OS3. The van der Waals surface area contributed by atoms with Gasteiger partial charge in [0.05, 0.1) is 6.26 Å².